The van der Waals surface area contributed by atoms with Gasteiger partial charge in [0.05, 0.1) is 28.9 Å². The zero-order valence-corrected chi connectivity index (χ0v) is 18.3. The van der Waals surface area contributed by atoms with Crippen LogP contribution in [0, 0.1) is 17.2 Å². The maximum absolute atomic E-state index is 12.1. The van der Waals surface area contributed by atoms with Gasteiger partial charge in [0.1, 0.15) is 17.9 Å². The van der Waals surface area contributed by atoms with Crippen LogP contribution in [0.2, 0.25) is 5.02 Å². The summed E-state index contributed by atoms with van der Waals surface area (Å²) in [6.07, 6.45) is 2.36. The highest BCUT2D eigenvalue weighted by Gasteiger charge is 2.32. The van der Waals surface area contributed by atoms with E-state index in [1.807, 2.05) is 24.3 Å². The number of halogens is 1. The molecule has 2 saturated heterocycles. The first-order chi connectivity index (χ1) is 15.1. The largest absolute Gasteiger partial charge is 0.488 e. The van der Waals surface area contributed by atoms with E-state index in [2.05, 4.69) is 15.9 Å². The van der Waals surface area contributed by atoms with Crippen molar-refractivity contribution >= 4 is 23.3 Å². The summed E-state index contributed by atoms with van der Waals surface area (Å²) in [7, 11) is 1.42. The fraction of sp³-hybridized carbons (Fsp3) is 0.417. The molecule has 0 bridgehead atoms. The molecule has 0 amide bonds. The molecule has 31 heavy (non-hydrogen) atoms. The fourth-order valence-electron chi connectivity index (χ4n) is 4.35. The second kappa shape index (κ2) is 9.59. The van der Waals surface area contributed by atoms with E-state index in [-0.39, 0.29) is 12.1 Å². The molecule has 6 nitrogen and oxygen atoms in total. The van der Waals surface area contributed by atoms with E-state index in [0.717, 1.165) is 51.3 Å². The zero-order chi connectivity index (χ0) is 21.8. The van der Waals surface area contributed by atoms with Crippen molar-refractivity contribution in [2.24, 2.45) is 5.92 Å². The van der Waals surface area contributed by atoms with Gasteiger partial charge in [-0.05, 0) is 43.0 Å². The quantitative estimate of drug-likeness (QED) is 0.634. The minimum Gasteiger partial charge on any atom is -0.488 e. The molecule has 0 aliphatic carbocycles. The molecule has 0 spiro atoms. The van der Waals surface area contributed by atoms with Gasteiger partial charge in [-0.3, -0.25) is 4.90 Å². The Balaban J connectivity index is 1.23. The molecule has 0 aromatic heterocycles. The van der Waals surface area contributed by atoms with Crippen LogP contribution in [0.5, 0.6) is 5.75 Å². The summed E-state index contributed by atoms with van der Waals surface area (Å²) in [5.41, 5.74) is 2.06. The number of nitrogens with zero attached hydrogens (tertiary/aromatic N) is 3. The number of anilines is 1. The smallest absolute Gasteiger partial charge is 0.339 e. The lowest BCUT2D eigenvalue weighted by Crippen LogP contribution is -2.55. The van der Waals surface area contributed by atoms with Crippen molar-refractivity contribution in [3.63, 3.8) is 0 Å². The highest BCUT2D eigenvalue weighted by atomic mass is 35.5. The van der Waals surface area contributed by atoms with Gasteiger partial charge in [0.2, 0.25) is 0 Å². The summed E-state index contributed by atoms with van der Waals surface area (Å²) in [5, 5.41) is 9.39. The van der Waals surface area contributed by atoms with Crippen molar-refractivity contribution in [3.05, 3.63) is 58.6 Å². The number of carbonyl (C=O) groups excluding carboxylic acids is 1. The molecule has 0 N–H and O–H groups in total. The minimum absolute atomic E-state index is 0.163. The van der Waals surface area contributed by atoms with Gasteiger partial charge in [-0.25, -0.2) is 4.79 Å². The number of piperidine rings is 1. The Morgan fingerprint density at radius 3 is 2.61 bits per heavy atom. The molecule has 162 valence electrons. The van der Waals surface area contributed by atoms with E-state index in [0.29, 0.717) is 27.8 Å². The third kappa shape index (κ3) is 4.95. The Morgan fingerprint density at radius 2 is 1.94 bits per heavy atom. The zero-order valence-electron chi connectivity index (χ0n) is 17.6. The summed E-state index contributed by atoms with van der Waals surface area (Å²) in [6, 6.07) is 14.9. The van der Waals surface area contributed by atoms with Crippen LogP contribution in [0.1, 0.15) is 28.8 Å². The van der Waals surface area contributed by atoms with Crippen LogP contribution in [-0.4, -0.2) is 56.8 Å². The van der Waals surface area contributed by atoms with Gasteiger partial charge < -0.3 is 14.4 Å². The molecule has 2 aromatic carbocycles. The average Bonchev–Trinajstić information content (AvgIpc) is 2.77. The number of carbonyl (C=O) groups is 1. The number of ether oxygens (including phenoxy) is 2. The third-order valence-corrected chi connectivity index (χ3v) is 6.38. The lowest BCUT2D eigenvalue weighted by molar-refractivity contribution is 0.00795. The van der Waals surface area contributed by atoms with Crippen molar-refractivity contribution < 1.29 is 14.3 Å². The number of benzene rings is 2. The Bertz CT molecular complexity index is 976. The maximum Gasteiger partial charge on any atom is 0.339 e. The van der Waals surface area contributed by atoms with Crippen LogP contribution in [0.4, 0.5) is 5.69 Å². The van der Waals surface area contributed by atoms with Crippen LogP contribution >= 0.6 is 11.6 Å². The summed E-state index contributed by atoms with van der Waals surface area (Å²) >= 11 is 6.08. The van der Waals surface area contributed by atoms with Crippen LogP contribution < -0.4 is 9.64 Å². The van der Waals surface area contributed by atoms with Gasteiger partial charge >= 0.3 is 5.97 Å². The van der Waals surface area contributed by atoms with E-state index in [1.54, 1.807) is 18.2 Å². The molecule has 2 aromatic rings. The van der Waals surface area contributed by atoms with E-state index in [4.69, 9.17) is 26.3 Å². The van der Waals surface area contributed by atoms with Crippen LogP contribution in [-0.2, 0) is 4.74 Å². The Kier molecular flexibility index (Phi) is 6.64. The molecular formula is C24H26ClN3O3. The van der Waals surface area contributed by atoms with Gasteiger partial charge in [-0.2, -0.15) is 5.26 Å². The normalized spacial score (nSPS) is 17.6. The molecule has 0 saturated carbocycles. The Hall–Kier alpha value is -2.75. The number of esters is 1. The van der Waals surface area contributed by atoms with E-state index >= 15 is 0 Å². The second-order valence-electron chi connectivity index (χ2n) is 8.15. The maximum atomic E-state index is 12.1. The molecule has 2 aliphatic heterocycles. The van der Waals surface area contributed by atoms with Crippen LogP contribution in [0.25, 0.3) is 0 Å². The van der Waals surface area contributed by atoms with Crippen LogP contribution in [0.15, 0.2) is 42.5 Å². The Morgan fingerprint density at radius 1 is 1.19 bits per heavy atom. The van der Waals surface area contributed by atoms with E-state index < -0.39 is 0 Å². The molecule has 0 atom stereocenters. The highest BCUT2D eigenvalue weighted by molar-refractivity contribution is 6.31. The third-order valence-electron chi connectivity index (χ3n) is 6.07. The first-order valence-electron chi connectivity index (χ1n) is 10.6. The van der Waals surface area contributed by atoms with Crippen LogP contribution in [0.3, 0.4) is 0 Å². The molecule has 2 heterocycles. The van der Waals surface area contributed by atoms with Crippen molar-refractivity contribution in [3.8, 4) is 11.8 Å². The van der Waals surface area contributed by atoms with Gasteiger partial charge in [0, 0.05) is 38.8 Å². The van der Waals surface area contributed by atoms with Gasteiger partial charge in [0.25, 0.3) is 0 Å². The average molecular weight is 440 g/mol. The molecule has 2 fully saturated rings. The lowest BCUT2D eigenvalue weighted by atomic mass is 9.94. The number of hydrogen-bond acceptors (Lipinski definition) is 6. The minimum atomic E-state index is -0.284. The van der Waals surface area contributed by atoms with Gasteiger partial charge in [-0.1, -0.05) is 23.7 Å². The molecule has 4 rings (SSSR count). The Labute approximate surface area is 187 Å². The first-order valence-corrected chi connectivity index (χ1v) is 11.0. The van der Waals surface area contributed by atoms with Gasteiger partial charge in [0.15, 0.2) is 0 Å². The van der Waals surface area contributed by atoms with Crippen molar-refractivity contribution in [1.82, 2.24) is 4.90 Å². The van der Waals surface area contributed by atoms with Crippen molar-refractivity contribution in [1.29, 1.82) is 5.26 Å². The summed E-state index contributed by atoms with van der Waals surface area (Å²) in [6.45, 7) is 4.76. The molecule has 0 radical (unpaired) electrons. The highest BCUT2D eigenvalue weighted by Crippen LogP contribution is 2.29. The first kappa shape index (κ1) is 21.5. The van der Waals surface area contributed by atoms with Crippen molar-refractivity contribution in [2.75, 3.05) is 44.7 Å². The molecular weight excluding hydrogens is 414 g/mol. The number of nitriles is 1. The second-order valence-corrected chi connectivity index (χ2v) is 8.56. The fourth-order valence-corrected chi connectivity index (χ4v) is 4.56. The monoisotopic (exact) mass is 439 g/mol. The number of para-hydroxylation sites is 1. The molecule has 2 aliphatic rings. The number of rotatable bonds is 6. The summed E-state index contributed by atoms with van der Waals surface area (Å²) < 4.78 is 10.9. The van der Waals surface area contributed by atoms with Gasteiger partial charge in [-0.15, -0.1) is 0 Å². The molecule has 7 heteroatoms. The summed E-state index contributed by atoms with van der Waals surface area (Å²) in [4.78, 5) is 16.8. The number of likely N-dealkylation sites (tertiary alicyclic amines) is 1. The number of methoxy groups -OCH3 is 1. The number of hydrogen-bond donors (Lipinski definition) is 0. The standard InChI is InChI=1S/C24H26ClN3O3/c1-30-24(29)21-4-2-3-5-23(21)28-10-8-17(9-11-28)14-27-15-20(16-27)31-19-7-6-18(13-26)22(25)12-19/h2-7,12,17,20H,8-11,14-16H2,1H3. The predicted octanol–water partition coefficient (Wildman–Crippen LogP) is 3.98. The molecule has 0 unspecified atom stereocenters. The summed E-state index contributed by atoms with van der Waals surface area (Å²) in [5.74, 6) is 1.07. The van der Waals surface area contributed by atoms with E-state index in [1.165, 1.54) is 7.11 Å². The lowest BCUT2D eigenvalue weighted by Gasteiger charge is -2.43. The predicted molar refractivity (Wildman–Crippen MR) is 120 cm³/mol. The van der Waals surface area contributed by atoms with Crippen molar-refractivity contribution in [2.45, 2.75) is 18.9 Å². The topological polar surface area (TPSA) is 65.8 Å². The SMILES string of the molecule is COC(=O)c1ccccc1N1CCC(CN2CC(Oc3ccc(C#N)c(Cl)c3)C2)CC1. The van der Waals surface area contributed by atoms with E-state index in [9.17, 15) is 4.79 Å².